The first-order valence-electron chi connectivity index (χ1n) is 1.31. The fourth-order valence-corrected chi connectivity index (χ4v) is 0. The van der Waals surface area contributed by atoms with Crippen LogP contribution in [0.1, 0.15) is 0 Å². The third-order valence-corrected chi connectivity index (χ3v) is 0. The van der Waals surface area contributed by atoms with E-state index in [0.29, 0.717) is 0 Å². The molecular weight excluding hydrogens is 175 g/mol. The summed E-state index contributed by atoms with van der Waals surface area (Å²) >= 11 is 7.88. The Morgan fingerprint density at radius 2 is 0.778 bits per heavy atom. The molecule has 49 valence electrons. The summed E-state index contributed by atoms with van der Waals surface area (Å²) < 4.78 is 40.4. The van der Waals surface area contributed by atoms with E-state index in [0.717, 1.165) is 0 Å². The van der Waals surface area contributed by atoms with Crippen LogP contribution in [-0.4, -0.2) is 32.2 Å². The van der Waals surface area contributed by atoms with Gasteiger partial charge >= 0.3 is 13.4 Å². The quantitative estimate of drug-likeness (QED) is 0.390. The fraction of sp³-hybridized carbons (Fsp3) is 0. The van der Waals surface area contributed by atoms with E-state index in [1.54, 1.807) is 0 Å². The minimum Gasteiger partial charge on any atom is -0.270 e. The zero-order chi connectivity index (χ0) is 7.15. The van der Waals surface area contributed by atoms with Crippen molar-refractivity contribution in [1.82, 2.24) is 0 Å². The second kappa shape index (κ2) is 11.8. The molecule has 9 heteroatoms. The van der Waals surface area contributed by atoms with Crippen molar-refractivity contribution in [3.8, 4) is 0 Å². The van der Waals surface area contributed by atoms with Gasteiger partial charge in [-0.2, -0.15) is 0 Å². The Hall–Kier alpha value is 1.03. The summed E-state index contributed by atoms with van der Waals surface area (Å²) in [4.78, 5) is 0. The molecule has 0 unspecified atom stereocenters. The van der Waals surface area contributed by atoms with Crippen molar-refractivity contribution >= 4 is 55.1 Å². The van der Waals surface area contributed by atoms with Crippen molar-refractivity contribution in [2.24, 2.45) is 0 Å². The van der Waals surface area contributed by atoms with Crippen LogP contribution >= 0.6 is 22.9 Å². The maximum atomic E-state index is 10.1. The van der Waals surface area contributed by atoms with Crippen molar-refractivity contribution in [2.75, 3.05) is 0 Å². The van der Waals surface area contributed by atoms with Crippen LogP contribution in [0, 0.1) is 0 Å². The first-order chi connectivity index (χ1) is 3.46. The van der Waals surface area contributed by atoms with Gasteiger partial charge in [-0.1, -0.05) is 0 Å². The van der Waals surface area contributed by atoms with E-state index in [1.807, 2.05) is 0 Å². The Morgan fingerprint density at radius 3 is 0.778 bits per heavy atom. The van der Waals surface area contributed by atoms with Gasteiger partial charge in [0, 0.05) is 18.9 Å². The number of hydrogen-bond donors (Lipinski definition) is 0. The van der Waals surface area contributed by atoms with Crippen LogP contribution in [0.5, 0.6) is 0 Å². The van der Waals surface area contributed by atoms with Gasteiger partial charge in [-0.25, -0.2) is 0 Å². The van der Waals surface area contributed by atoms with Crippen LogP contribution in [0.3, 0.4) is 0 Å². The molecule has 0 aliphatic heterocycles. The Morgan fingerprint density at radius 1 is 0.778 bits per heavy atom. The topological polar surface area (TPSA) is 0 Å². The van der Waals surface area contributed by atoms with Crippen molar-refractivity contribution in [3.05, 3.63) is 0 Å². The maximum absolute atomic E-state index is 10.1. The van der Waals surface area contributed by atoms with E-state index < -0.39 is 13.4 Å². The summed E-state index contributed by atoms with van der Waals surface area (Å²) in [6.07, 6.45) is 0. The SMILES string of the molecule is FB(F)Cl.FB(F)Cl.[Li]. The summed E-state index contributed by atoms with van der Waals surface area (Å²) in [6, 6.07) is 0. The maximum Gasteiger partial charge on any atom is 0.650 e. The van der Waals surface area contributed by atoms with Crippen molar-refractivity contribution in [2.45, 2.75) is 0 Å². The molecule has 0 rings (SSSR count). The van der Waals surface area contributed by atoms with Gasteiger partial charge in [-0.05, 0) is 0 Å². The van der Waals surface area contributed by atoms with Crippen molar-refractivity contribution in [3.63, 3.8) is 0 Å². The van der Waals surface area contributed by atoms with E-state index >= 15 is 0 Å². The van der Waals surface area contributed by atoms with Crippen LogP contribution < -0.4 is 0 Å². The Labute approximate surface area is 72.6 Å². The Bertz CT molecular complexity index is 32.0. The molecule has 0 aromatic rings. The van der Waals surface area contributed by atoms with Crippen molar-refractivity contribution < 1.29 is 17.3 Å². The van der Waals surface area contributed by atoms with E-state index in [1.165, 1.54) is 0 Å². The average molecular weight is 175 g/mol. The first kappa shape index (κ1) is 16.5. The van der Waals surface area contributed by atoms with Gasteiger partial charge in [0.15, 0.2) is 0 Å². The monoisotopic (exact) mass is 175 g/mol. The smallest absolute Gasteiger partial charge is 0.270 e. The molecule has 0 heterocycles. The average Bonchev–Trinajstić information content (AvgIpc) is 1.25. The summed E-state index contributed by atoms with van der Waals surface area (Å²) in [7, 11) is 0. The normalized spacial score (nSPS) is 6.00. The van der Waals surface area contributed by atoms with Crippen LogP contribution in [0.25, 0.3) is 0 Å². The van der Waals surface area contributed by atoms with Crippen LogP contribution in [0.2, 0.25) is 0 Å². The standard InChI is InChI=1S/2BClF2.Li/c2*2-1(3)4;. The Balaban J connectivity index is -0.0000000720. The molecule has 0 aliphatic carbocycles. The van der Waals surface area contributed by atoms with Gasteiger partial charge < -0.3 is 0 Å². The molecule has 0 atom stereocenters. The molecule has 0 fully saturated rings. The summed E-state index contributed by atoms with van der Waals surface area (Å²) in [5.74, 6) is 0. The second-order valence-corrected chi connectivity index (χ2v) is 1.15. The molecule has 0 aromatic carbocycles. The van der Waals surface area contributed by atoms with Gasteiger partial charge in [0.2, 0.25) is 0 Å². The largest absolute Gasteiger partial charge is 0.650 e. The third-order valence-electron chi connectivity index (χ3n) is 0. The fourth-order valence-electron chi connectivity index (χ4n) is 0. The van der Waals surface area contributed by atoms with Gasteiger partial charge in [-0.15, -0.1) is 22.9 Å². The molecule has 0 amide bonds. The molecular formula is B2Cl2F4Li. The van der Waals surface area contributed by atoms with E-state index in [-0.39, 0.29) is 18.9 Å². The molecule has 0 N–H and O–H groups in total. The number of rotatable bonds is 0. The predicted molar refractivity (Wildman–Crippen MR) is 33.4 cm³/mol. The van der Waals surface area contributed by atoms with Gasteiger partial charge in [0.25, 0.3) is 0 Å². The van der Waals surface area contributed by atoms with E-state index in [4.69, 9.17) is 0 Å². The molecule has 0 nitrogen and oxygen atoms in total. The van der Waals surface area contributed by atoms with Gasteiger partial charge in [0.1, 0.15) is 0 Å². The molecule has 0 spiro atoms. The van der Waals surface area contributed by atoms with E-state index in [9.17, 15) is 17.3 Å². The molecule has 0 saturated carbocycles. The molecule has 0 bridgehead atoms. The number of halogens is 6. The van der Waals surface area contributed by atoms with Gasteiger partial charge in [0.05, 0.1) is 0 Å². The van der Waals surface area contributed by atoms with Crippen LogP contribution in [0.4, 0.5) is 17.3 Å². The summed E-state index contributed by atoms with van der Waals surface area (Å²) in [5, 5.41) is 0. The van der Waals surface area contributed by atoms with Crippen LogP contribution in [-0.2, 0) is 0 Å². The molecule has 1 radical (unpaired) electrons. The van der Waals surface area contributed by atoms with Crippen molar-refractivity contribution in [1.29, 1.82) is 0 Å². The summed E-state index contributed by atoms with van der Waals surface area (Å²) in [6.45, 7) is -5.39. The predicted octanol–water partition coefficient (Wildman–Crippen LogP) is 1.92. The first-order valence-corrected chi connectivity index (χ1v) is 2.18. The minimum atomic E-state index is -2.69. The third kappa shape index (κ3) is 422. The number of hydrogen-bond acceptors (Lipinski definition) is 0. The molecule has 0 saturated heterocycles. The van der Waals surface area contributed by atoms with E-state index in [2.05, 4.69) is 22.9 Å². The molecule has 0 aliphatic rings. The Kier molecular flexibility index (Phi) is 21.7. The second-order valence-electron chi connectivity index (χ2n) is 0.495. The zero-order valence-electron chi connectivity index (χ0n) is 4.42. The zero-order valence-corrected chi connectivity index (χ0v) is 5.93. The van der Waals surface area contributed by atoms with Crippen LogP contribution in [0.15, 0.2) is 0 Å². The molecule has 0 aromatic heterocycles. The van der Waals surface area contributed by atoms with Gasteiger partial charge in [-0.3, -0.25) is 17.3 Å². The minimum absolute atomic E-state index is 0. The molecule has 9 heavy (non-hydrogen) atoms. The summed E-state index contributed by atoms with van der Waals surface area (Å²) in [5.41, 5.74) is 0.